The predicted octanol–water partition coefficient (Wildman–Crippen LogP) is 2.96. The van der Waals surface area contributed by atoms with Crippen molar-refractivity contribution in [3.63, 3.8) is 0 Å². The fourth-order valence-corrected chi connectivity index (χ4v) is 1.79. The van der Waals surface area contributed by atoms with E-state index in [1.54, 1.807) is 4.68 Å². The number of aromatic nitrogens is 3. The Morgan fingerprint density at radius 2 is 2.06 bits per heavy atom. The molecule has 2 aromatic rings. The maximum atomic E-state index is 4.32. The second-order valence-corrected chi connectivity index (χ2v) is 5.59. The first-order valence-electron chi connectivity index (χ1n) is 5.84. The Kier molecular flexibility index (Phi) is 4.83. The van der Waals surface area contributed by atoms with Gasteiger partial charge >= 0.3 is 0 Å². The quantitative estimate of drug-likeness (QED) is 0.700. The SMILES string of the molecule is Cc1c[c-]n(-c2cc(CC(C)(C)C)ccn2)n1.[Ir]. The van der Waals surface area contributed by atoms with Crippen molar-refractivity contribution in [3.8, 4) is 5.82 Å². The first-order valence-corrected chi connectivity index (χ1v) is 5.84. The van der Waals surface area contributed by atoms with Crippen LogP contribution in [0.25, 0.3) is 5.82 Å². The third-order valence-corrected chi connectivity index (χ3v) is 2.41. The van der Waals surface area contributed by atoms with E-state index in [1.807, 2.05) is 19.2 Å². The molecule has 18 heavy (non-hydrogen) atoms. The van der Waals surface area contributed by atoms with Gasteiger partial charge in [-0.15, -0.1) is 6.07 Å². The van der Waals surface area contributed by atoms with E-state index in [9.17, 15) is 0 Å². The minimum Gasteiger partial charge on any atom is -0.343 e. The summed E-state index contributed by atoms with van der Waals surface area (Å²) in [5.74, 6) is 0.833. The van der Waals surface area contributed by atoms with Crippen molar-refractivity contribution in [3.05, 3.63) is 41.9 Å². The van der Waals surface area contributed by atoms with Crippen molar-refractivity contribution in [2.75, 3.05) is 0 Å². The molecule has 0 aliphatic carbocycles. The summed E-state index contributed by atoms with van der Waals surface area (Å²) >= 11 is 0. The topological polar surface area (TPSA) is 30.7 Å². The average molecular weight is 421 g/mol. The number of hydrogen-bond acceptors (Lipinski definition) is 2. The number of nitrogens with zero attached hydrogens (tertiary/aromatic N) is 3. The molecule has 0 amide bonds. The van der Waals surface area contributed by atoms with Gasteiger partial charge in [-0.1, -0.05) is 45.5 Å². The van der Waals surface area contributed by atoms with Gasteiger partial charge in [0.15, 0.2) is 0 Å². The fourth-order valence-electron chi connectivity index (χ4n) is 1.79. The van der Waals surface area contributed by atoms with Crippen LogP contribution in [-0.2, 0) is 26.5 Å². The van der Waals surface area contributed by atoms with Gasteiger partial charge in [-0.2, -0.15) is 0 Å². The molecular formula is C14H18IrN3-. The summed E-state index contributed by atoms with van der Waals surface area (Å²) in [5.41, 5.74) is 2.51. The summed E-state index contributed by atoms with van der Waals surface area (Å²) in [5, 5.41) is 4.32. The normalized spacial score (nSPS) is 11.1. The van der Waals surface area contributed by atoms with Crippen LogP contribution in [0.15, 0.2) is 24.4 Å². The molecule has 3 nitrogen and oxygen atoms in total. The zero-order valence-corrected chi connectivity index (χ0v) is 13.6. The van der Waals surface area contributed by atoms with Crippen LogP contribution < -0.4 is 0 Å². The number of hydrogen-bond donors (Lipinski definition) is 0. The Balaban J connectivity index is 0.00000162. The van der Waals surface area contributed by atoms with Gasteiger partial charge in [-0.25, -0.2) is 0 Å². The van der Waals surface area contributed by atoms with Gasteiger partial charge < -0.3 is 9.67 Å². The van der Waals surface area contributed by atoms with Crippen molar-refractivity contribution in [2.24, 2.45) is 5.41 Å². The van der Waals surface area contributed by atoms with Crippen LogP contribution in [0.5, 0.6) is 0 Å². The van der Waals surface area contributed by atoms with Crippen LogP contribution in [0.1, 0.15) is 32.0 Å². The molecule has 4 heteroatoms. The summed E-state index contributed by atoms with van der Waals surface area (Å²) < 4.78 is 1.70. The largest absolute Gasteiger partial charge is 0.343 e. The van der Waals surface area contributed by atoms with Crippen LogP contribution in [0.2, 0.25) is 0 Å². The van der Waals surface area contributed by atoms with Crippen LogP contribution in [0.4, 0.5) is 0 Å². The van der Waals surface area contributed by atoms with E-state index in [4.69, 9.17) is 0 Å². The van der Waals surface area contributed by atoms with Gasteiger partial charge in [-0.3, -0.25) is 5.10 Å². The fraction of sp³-hybridized carbons (Fsp3) is 0.429. The van der Waals surface area contributed by atoms with Gasteiger partial charge in [0.25, 0.3) is 0 Å². The maximum Gasteiger partial charge on any atom is 0.0522 e. The van der Waals surface area contributed by atoms with E-state index in [-0.39, 0.29) is 25.5 Å². The molecule has 0 saturated carbocycles. The summed E-state index contributed by atoms with van der Waals surface area (Å²) in [6.45, 7) is 8.65. The van der Waals surface area contributed by atoms with Gasteiger partial charge in [0.2, 0.25) is 0 Å². The summed E-state index contributed by atoms with van der Waals surface area (Å²) in [6, 6.07) is 6.00. The molecule has 2 aromatic heterocycles. The van der Waals surface area contributed by atoms with E-state index < -0.39 is 0 Å². The Morgan fingerprint density at radius 3 is 2.61 bits per heavy atom. The Morgan fingerprint density at radius 1 is 1.33 bits per heavy atom. The first kappa shape index (κ1) is 15.1. The molecule has 0 bridgehead atoms. The van der Waals surface area contributed by atoms with Crippen molar-refractivity contribution in [1.29, 1.82) is 0 Å². The first-order chi connectivity index (χ1) is 7.94. The second kappa shape index (κ2) is 5.77. The second-order valence-electron chi connectivity index (χ2n) is 5.59. The Labute approximate surface area is 122 Å². The van der Waals surface area contributed by atoms with E-state index in [0.29, 0.717) is 0 Å². The van der Waals surface area contributed by atoms with Crippen molar-refractivity contribution >= 4 is 0 Å². The minimum atomic E-state index is 0. The molecule has 0 spiro atoms. The molecule has 0 N–H and O–H groups in total. The third-order valence-electron chi connectivity index (χ3n) is 2.41. The van der Waals surface area contributed by atoms with Gasteiger partial charge in [0.05, 0.1) is 5.82 Å². The van der Waals surface area contributed by atoms with Gasteiger partial charge in [0.1, 0.15) is 0 Å². The molecule has 0 aromatic carbocycles. The van der Waals surface area contributed by atoms with E-state index in [0.717, 1.165) is 17.9 Å². The van der Waals surface area contributed by atoms with Crippen LogP contribution in [-0.4, -0.2) is 14.8 Å². The van der Waals surface area contributed by atoms with Crippen LogP contribution in [0, 0.1) is 18.5 Å². The zero-order valence-electron chi connectivity index (χ0n) is 11.2. The number of rotatable bonds is 2. The molecule has 0 fully saturated rings. The van der Waals surface area contributed by atoms with Gasteiger partial charge in [-0.05, 0) is 23.6 Å². The van der Waals surface area contributed by atoms with E-state index in [1.165, 1.54) is 5.56 Å². The minimum absolute atomic E-state index is 0. The number of aryl methyl sites for hydroxylation is 1. The Hall–Kier alpha value is -0.991. The molecule has 0 saturated heterocycles. The molecule has 0 aliphatic rings. The average Bonchev–Trinajstić information content (AvgIpc) is 2.63. The molecule has 0 aliphatic heterocycles. The van der Waals surface area contributed by atoms with Crippen molar-refractivity contribution in [2.45, 2.75) is 34.1 Å². The Bertz CT molecular complexity index is 512. The third kappa shape index (κ3) is 4.04. The molecular weight excluding hydrogens is 402 g/mol. The zero-order chi connectivity index (χ0) is 12.5. The molecule has 99 valence electrons. The van der Waals surface area contributed by atoms with E-state index >= 15 is 0 Å². The van der Waals surface area contributed by atoms with Crippen LogP contribution >= 0.6 is 0 Å². The molecule has 0 unspecified atom stereocenters. The monoisotopic (exact) mass is 421 g/mol. The molecule has 1 radical (unpaired) electrons. The standard InChI is InChI=1S/C14H18N3.Ir/c1-11-6-8-17(16-11)13-9-12(5-7-15-13)10-14(2,3)4;/h5-7,9H,10H2,1-4H3;/q-1;. The maximum absolute atomic E-state index is 4.32. The summed E-state index contributed by atoms with van der Waals surface area (Å²) in [7, 11) is 0. The molecule has 2 heterocycles. The van der Waals surface area contributed by atoms with Crippen molar-refractivity contribution in [1.82, 2.24) is 14.8 Å². The molecule has 2 rings (SSSR count). The van der Waals surface area contributed by atoms with Crippen molar-refractivity contribution < 1.29 is 20.1 Å². The van der Waals surface area contributed by atoms with Gasteiger partial charge in [0, 0.05) is 26.3 Å². The smallest absolute Gasteiger partial charge is 0.0522 e. The predicted molar refractivity (Wildman–Crippen MR) is 68.1 cm³/mol. The van der Waals surface area contributed by atoms with E-state index in [2.05, 4.69) is 49.2 Å². The summed E-state index contributed by atoms with van der Waals surface area (Å²) in [4.78, 5) is 4.32. The summed E-state index contributed by atoms with van der Waals surface area (Å²) in [6.07, 6.45) is 5.92. The van der Waals surface area contributed by atoms with Crippen LogP contribution in [0.3, 0.4) is 0 Å². The molecule has 0 atom stereocenters. The number of pyridine rings is 1.